The maximum atomic E-state index is 13.1. The van der Waals surface area contributed by atoms with E-state index < -0.39 is 0 Å². The van der Waals surface area contributed by atoms with Gasteiger partial charge < -0.3 is 10.4 Å². The highest BCUT2D eigenvalue weighted by atomic mass is 19.1. The lowest BCUT2D eigenvalue weighted by Gasteiger charge is -2.35. The van der Waals surface area contributed by atoms with Crippen LogP contribution in [0.5, 0.6) is 0 Å². The molecule has 0 spiro atoms. The van der Waals surface area contributed by atoms with Crippen LogP contribution in [0.2, 0.25) is 0 Å². The predicted molar refractivity (Wildman–Crippen MR) is 61.6 cm³/mol. The molecule has 2 nitrogen and oxygen atoms in total. The van der Waals surface area contributed by atoms with Crippen LogP contribution in [0.1, 0.15) is 37.8 Å². The summed E-state index contributed by atoms with van der Waals surface area (Å²) in [4.78, 5) is 0. The van der Waals surface area contributed by atoms with Gasteiger partial charge in [0.2, 0.25) is 0 Å². The first-order valence-electron chi connectivity index (χ1n) is 5.88. The van der Waals surface area contributed by atoms with Gasteiger partial charge in [0.25, 0.3) is 0 Å². The van der Waals surface area contributed by atoms with E-state index in [-0.39, 0.29) is 18.0 Å². The monoisotopic (exact) mass is 223 g/mol. The van der Waals surface area contributed by atoms with Gasteiger partial charge in [-0.1, -0.05) is 19.1 Å². The van der Waals surface area contributed by atoms with E-state index >= 15 is 0 Å². The van der Waals surface area contributed by atoms with Crippen LogP contribution in [0.4, 0.5) is 4.39 Å². The van der Waals surface area contributed by atoms with Crippen molar-refractivity contribution < 1.29 is 9.50 Å². The highest BCUT2D eigenvalue weighted by Gasteiger charge is 2.28. The van der Waals surface area contributed by atoms with Crippen molar-refractivity contribution in [2.75, 3.05) is 0 Å². The molecular formula is C13H18FNO. The largest absolute Gasteiger partial charge is 0.393 e. The molecule has 0 radical (unpaired) electrons. The molecule has 1 atom stereocenters. The summed E-state index contributed by atoms with van der Waals surface area (Å²) >= 11 is 0. The number of benzene rings is 1. The molecule has 0 aliphatic heterocycles. The maximum Gasteiger partial charge on any atom is 0.123 e. The molecule has 3 heteroatoms. The molecule has 0 heterocycles. The van der Waals surface area contributed by atoms with E-state index in [1.54, 1.807) is 12.1 Å². The van der Waals surface area contributed by atoms with Crippen molar-refractivity contribution in [2.24, 2.45) is 0 Å². The van der Waals surface area contributed by atoms with Crippen molar-refractivity contribution >= 4 is 0 Å². The van der Waals surface area contributed by atoms with Crippen LogP contribution in [-0.2, 0) is 0 Å². The lowest BCUT2D eigenvalue weighted by molar-refractivity contribution is 0.0573. The molecule has 2 rings (SSSR count). The molecule has 1 aromatic carbocycles. The standard InChI is InChI=1S/C13H18FNO/c1-2-13(15-11-7-12(16)8-11)9-4-3-5-10(14)6-9/h3-6,11-13,15-16H,2,7-8H2,1H3. The summed E-state index contributed by atoms with van der Waals surface area (Å²) in [5.41, 5.74) is 0.990. The second-order valence-corrected chi connectivity index (χ2v) is 4.50. The summed E-state index contributed by atoms with van der Waals surface area (Å²) in [5.74, 6) is -0.189. The third-order valence-corrected chi connectivity index (χ3v) is 3.21. The summed E-state index contributed by atoms with van der Waals surface area (Å²) in [6.45, 7) is 2.08. The Morgan fingerprint density at radius 2 is 2.25 bits per heavy atom. The Balaban J connectivity index is 1.99. The zero-order valence-electron chi connectivity index (χ0n) is 9.49. The number of hydrogen-bond acceptors (Lipinski definition) is 2. The SMILES string of the molecule is CCC(NC1CC(O)C1)c1cccc(F)c1. The zero-order valence-corrected chi connectivity index (χ0v) is 9.49. The molecule has 1 aliphatic carbocycles. The van der Waals surface area contributed by atoms with Crippen LogP contribution < -0.4 is 5.32 Å². The molecule has 16 heavy (non-hydrogen) atoms. The van der Waals surface area contributed by atoms with Gasteiger partial charge in [0.1, 0.15) is 5.82 Å². The molecule has 88 valence electrons. The van der Waals surface area contributed by atoms with Crippen LogP contribution in [0.25, 0.3) is 0 Å². The first kappa shape index (κ1) is 11.6. The molecule has 0 amide bonds. The van der Waals surface area contributed by atoms with Gasteiger partial charge in [0.15, 0.2) is 0 Å². The Kier molecular flexibility index (Phi) is 3.56. The topological polar surface area (TPSA) is 32.3 Å². The van der Waals surface area contributed by atoms with Gasteiger partial charge in [-0.05, 0) is 37.0 Å². The number of hydrogen-bond donors (Lipinski definition) is 2. The Labute approximate surface area is 95.5 Å². The minimum atomic E-state index is -0.189. The van der Waals surface area contributed by atoms with Crippen LogP contribution in [0.15, 0.2) is 24.3 Å². The quantitative estimate of drug-likeness (QED) is 0.821. The molecule has 0 aromatic heterocycles. The Hall–Kier alpha value is -0.930. The molecule has 1 fully saturated rings. The summed E-state index contributed by atoms with van der Waals surface area (Å²) in [6, 6.07) is 7.29. The van der Waals surface area contributed by atoms with Gasteiger partial charge in [-0.2, -0.15) is 0 Å². The van der Waals surface area contributed by atoms with Crippen LogP contribution in [0, 0.1) is 5.82 Å². The second-order valence-electron chi connectivity index (χ2n) is 4.50. The first-order valence-corrected chi connectivity index (χ1v) is 5.88. The summed E-state index contributed by atoms with van der Waals surface area (Å²) < 4.78 is 13.1. The highest BCUT2D eigenvalue weighted by Crippen LogP contribution is 2.25. The van der Waals surface area contributed by atoms with Crippen molar-refractivity contribution in [3.63, 3.8) is 0 Å². The maximum absolute atomic E-state index is 13.1. The molecule has 0 bridgehead atoms. The van der Waals surface area contributed by atoms with E-state index in [0.717, 1.165) is 24.8 Å². The van der Waals surface area contributed by atoms with E-state index in [0.29, 0.717) is 6.04 Å². The smallest absolute Gasteiger partial charge is 0.123 e. The van der Waals surface area contributed by atoms with Gasteiger partial charge in [0.05, 0.1) is 6.10 Å². The van der Waals surface area contributed by atoms with E-state index in [2.05, 4.69) is 12.2 Å². The molecule has 1 aromatic rings. The van der Waals surface area contributed by atoms with E-state index in [1.165, 1.54) is 6.07 Å². The van der Waals surface area contributed by atoms with Gasteiger partial charge in [-0.3, -0.25) is 0 Å². The van der Waals surface area contributed by atoms with Crippen molar-refractivity contribution in [3.05, 3.63) is 35.6 Å². The van der Waals surface area contributed by atoms with E-state index in [1.807, 2.05) is 6.07 Å². The second kappa shape index (κ2) is 4.93. The van der Waals surface area contributed by atoms with Crippen LogP contribution in [0.3, 0.4) is 0 Å². The van der Waals surface area contributed by atoms with Crippen LogP contribution in [-0.4, -0.2) is 17.3 Å². The summed E-state index contributed by atoms with van der Waals surface area (Å²) in [6.07, 6.45) is 2.40. The zero-order chi connectivity index (χ0) is 11.5. The lowest BCUT2D eigenvalue weighted by atomic mass is 9.88. The lowest BCUT2D eigenvalue weighted by Crippen LogP contribution is -2.45. The van der Waals surface area contributed by atoms with Crippen molar-refractivity contribution in [1.29, 1.82) is 0 Å². The van der Waals surface area contributed by atoms with E-state index in [9.17, 15) is 9.50 Å². The fourth-order valence-electron chi connectivity index (χ4n) is 2.18. The molecular weight excluding hydrogens is 205 g/mol. The normalized spacial score (nSPS) is 26.2. The average molecular weight is 223 g/mol. The third-order valence-electron chi connectivity index (χ3n) is 3.21. The van der Waals surface area contributed by atoms with E-state index in [4.69, 9.17) is 0 Å². The fourth-order valence-corrected chi connectivity index (χ4v) is 2.18. The molecule has 1 saturated carbocycles. The Bertz CT molecular complexity index is 350. The number of halogens is 1. The summed E-state index contributed by atoms with van der Waals surface area (Å²) in [7, 11) is 0. The number of rotatable bonds is 4. The summed E-state index contributed by atoms with van der Waals surface area (Å²) in [5, 5.41) is 12.7. The predicted octanol–water partition coefficient (Wildman–Crippen LogP) is 2.39. The van der Waals surface area contributed by atoms with Gasteiger partial charge >= 0.3 is 0 Å². The Morgan fingerprint density at radius 1 is 1.50 bits per heavy atom. The number of aliphatic hydroxyl groups excluding tert-OH is 1. The fraction of sp³-hybridized carbons (Fsp3) is 0.538. The minimum absolute atomic E-state index is 0.150. The van der Waals surface area contributed by atoms with Gasteiger partial charge in [0, 0.05) is 12.1 Å². The molecule has 0 saturated heterocycles. The first-order chi connectivity index (χ1) is 7.69. The highest BCUT2D eigenvalue weighted by molar-refractivity contribution is 5.20. The molecule has 1 aliphatic rings. The molecule has 2 N–H and O–H groups in total. The molecule has 1 unspecified atom stereocenters. The van der Waals surface area contributed by atoms with Gasteiger partial charge in [-0.25, -0.2) is 4.39 Å². The van der Waals surface area contributed by atoms with Gasteiger partial charge in [-0.15, -0.1) is 0 Å². The van der Waals surface area contributed by atoms with Crippen molar-refractivity contribution in [2.45, 2.75) is 44.4 Å². The average Bonchev–Trinajstić information content (AvgIpc) is 2.22. The van der Waals surface area contributed by atoms with Crippen LogP contribution >= 0.6 is 0 Å². The number of nitrogens with one attached hydrogen (secondary N) is 1. The minimum Gasteiger partial charge on any atom is -0.393 e. The third kappa shape index (κ3) is 2.60. The van der Waals surface area contributed by atoms with Crippen molar-refractivity contribution in [1.82, 2.24) is 5.32 Å². The Morgan fingerprint density at radius 3 is 2.81 bits per heavy atom. The van der Waals surface area contributed by atoms with Crippen molar-refractivity contribution in [3.8, 4) is 0 Å². The number of aliphatic hydroxyl groups is 1.